The summed E-state index contributed by atoms with van der Waals surface area (Å²) in [7, 11) is 0. The van der Waals surface area contributed by atoms with E-state index in [1.54, 1.807) is 13.8 Å². The lowest BCUT2D eigenvalue weighted by Crippen LogP contribution is -2.42. The molecule has 0 spiro atoms. The summed E-state index contributed by atoms with van der Waals surface area (Å²) < 4.78 is 0. The first kappa shape index (κ1) is 14.8. The highest BCUT2D eigenvalue weighted by atomic mass is 16.3. The molecule has 3 unspecified atom stereocenters. The molecule has 0 aromatic carbocycles. The molecule has 0 saturated heterocycles. The lowest BCUT2D eigenvalue weighted by Gasteiger charge is -2.32. The number of hydrogen-bond acceptors (Lipinski definition) is 4. The number of aliphatic hydroxyl groups excluding tert-OH is 4. The quantitative estimate of drug-likeness (QED) is 0.492. The van der Waals surface area contributed by atoms with Crippen molar-refractivity contribution in [1.82, 2.24) is 0 Å². The van der Waals surface area contributed by atoms with Gasteiger partial charge in [-0.05, 0) is 18.8 Å². The Labute approximate surface area is 91.6 Å². The summed E-state index contributed by atoms with van der Waals surface area (Å²) in [6.45, 7) is 5.25. The molecule has 0 aliphatic rings. The molecule has 0 aliphatic heterocycles. The second-order valence-corrected chi connectivity index (χ2v) is 5.01. The minimum Gasteiger partial charge on any atom is -0.396 e. The van der Waals surface area contributed by atoms with E-state index in [4.69, 9.17) is 10.2 Å². The summed E-state index contributed by atoms with van der Waals surface area (Å²) in [5.41, 5.74) is -0.696. The standard InChI is InChI=1S/C11H24O4/c1-8(4-5-12)6-9(14)10(15)11(2,3)7-13/h8-10,12-15H,4-7H2,1-3H3. The average molecular weight is 220 g/mol. The summed E-state index contributed by atoms with van der Waals surface area (Å²) >= 11 is 0. The average Bonchev–Trinajstić information content (AvgIpc) is 2.16. The largest absolute Gasteiger partial charge is 0.396 e. The molecule has 0 rings (SSSR count). The van der Waals surface area contributed by atoms with Gasteiger partial charge < -0.3 is 20.4 Å². The van der Waals surface area contributed by atoms with Crippen molar-refractivity contribution < 1.29 is 20.4 Å². The zero-order valence-electron chi connectivity index (χ0n) is 9.85. The molecule has 0 heterocycles. The van der Waals surface area contributed by atoms with Crippen LogP contribution in [0.25, 0.3) is 0 Å². The number of rotatable bonds is 7. The Bertz CT molecular complexity index is 170. The molecule has 4 nitrogen and oxygen atoms in total. The van der Waals surface area contributed by atoms with Gasteiger partial charge in [-0.15, -0.1) is 0 Å². The molecule has 0 bridgehead atoms. The lowest BCUT2D eigenvalue weighted by atomic mass is 9.82. The number of aliphatic hydroxyl groups is 4. The van der Waals surface area contributed by atoms with Gasteiger partial charge in [0.05, 0.1) is 18.8 Å². The maximum absolute atomic E-state index is 9.79. The zero-order chi connectivity index (χ0) is 12.1. The van der Waals surface area contributed by atoms with Gasteiger partial charge in [0.15, 0.2) is 0 Å². The van der Waals surface area contributed by atoms with Gasteiger partial charge in [0.2, 0.25) is 0 Å². The van der Waals surface area contributed by atoms with E-state index in [0.717, 1.165) is 0 Å². The molecule has 0 radical (unpaired) electrons. The second-order valence-electron chi connectivity index (χ2n) is 5.01. The van der Waals surface area contributed by atoms with Gasteiger partial charge >= 0.3 is 0 Å². The summed E-state index contributed by atoms with van der Waals surface area (Å²) in [5, 5.41) is 37.3. The third-order valence-electron chi connectivity index (χ3n) is 2.84. The predicted octanol–water partition coefficient (Wildman–Crippen LogP) is 0.135. The van der Waals surface area contributed by atoms with Crippen molar-refractivity contribution in [3.05, 3.63) is 0 Å². The summed E-state index contributed by atoms with van der Waals surface area (Å²) in [4.78, 5) is 0. The van der Waals surface area contributed by atoms with Crippen LogP contribution in [0.3, 0.4) is 0 Å². The van der Waals surface area contributed by atoms with Crippen molar-refractivity contribution in [2.45, 2.75) is 45.8 Å². The van der Waals surface area contributed by atoms with E-state index in [1.807, 2.05) is 6.92 Å². The van der Waals surface area contributed by atoms with Gasteiger partial charge in [-0.2, -0.15) is 0 Å². The Morgan fingerprint density at radius 3 is 2.07 bits per heavy atom. The topological polar surface area (TPSA) is 80.9 Å². The molecule has 0 amide bonds. The molecular formula is C11H24O4. The summed E-state index contributed by atoms with van der Waals surface area (Å²) in [5.74, 6) is 0.161. The van der Waals surface area contributed by atoms with Crippen LogP contribution in [0.2, 0.25) is 0 Å². The van der Waals surface area contributed by atoms with Crippen LogP contribution in [-0.4, -0.2) is 45.8 Å². The van der Waals surface area contributed by atoms with Gasteiger partial charge in [-0.1, -0.05) is 20.8 Å². The molecule has 15 heavy (non-hydrogen) atoms. The fraction of sp³-hybridized carbons (Fsp3) is 1.00. The SMILES string of the molecule is CC(CCO)CC(O)C(O)C(C)(C)CO. The lowest BCUT2D eigenvalue weighted by molar-refractivity contribution is -0.0779. The van der Waals surface area contributed by atoms with Crippen molar-refractivity contribution in [2.75, 3.05) is 13.2 Å². The van der Waals surface area contributed by atoms with Crippen molar-refractivity contribution in [1.29, 1.82) is 0 Å². The van der Waals surface area contributed by atoms with Crippen LogP contribution in [0, 0.1) is 11.3 Å². The minimum absolute atomic E-state index is 0.0906. The molecule has 4 heteroatoms. The van der Waals surface area contributed by atoms with Crippen LogP contribution in [0.1, 0.15) is 33.6 Å². The first-order chi connectivity index (χ1) is 6.85. The van der Waals surface area contributed by atoms with Gasteiger partial charge in [-0.3, -0.25) is 0 Å². The molecule has 92 valence electrons. The molecule has 3 atom stereocenters. The molecule has 0 aromatic rings. The maximum atomic E-state index is 9.79. The van der Waals surface area contributed by atoms with E-state index in [9.17, 15) is 10.2 Å². The first-order valence-corrected chi connectivity index (χ1v) is 5.43. The zero-order valence-corrected chi connectivity index (χ0v) is 9.85. The molecule has 0 saturated carbocycles. The van der Waals surface area contributed by atoms with E-state index in [-0.39, 0.29) is 19.1 Å². The molecule has 4 N–H and O–H groups in total. The van der Waals surface area contributed by atoms with Crippen LogP contribution in [0.4, 0.5) is 0 Å². The van der Waals surface area contributed by atoms with Crippen LogP contribution in [0.15, 0.2) is 0 Å². The van der Waals surface area contributed by atoms with E-state index >= 15 is 0 Å². The fourth-order valence-electron chi connectivity index (χ4n) is 1.49. The van der Waals surface area contributed by atoms with Crippen molar-refractivity contribution in [2.24, 2.45) is 11.3 Å². The minimum atomic E-state index is -0.941. The van der Waals surface area contributed by atoms with Crippen LogP contribution < -0.4 is 0 Å². The smallest absolute Gasteiger partial charge is 0.0871 e. The molecule has 0 fully saturated rings. The Morgan fingerprint density at radius 2 is 1.67 bits per heavy atom. The predicted molar refractivity (Wildman–Crippen MR) is 58.4 cm³/mol. The summed E-state index contributed by atoms with van der Waals surface area (Å²) in [6.07, 6.45) is -0.744. The van der Waals surface area contributed by atoms with Gasteiger partial charge in [0.1, 0.15) is 0 Å². The monoisotopic (exact) mass is 220 g/mol. The van der Waals surface area contributed by atoms with E-state index in [2.05, 4.69) is 0 Å². The highest BCUT2D eigenvalue weighted by molar-refractivity contribution is 4.83. The Morgan fingerprint density at radius 1 is 1.13 bits per heavy atom. The van der Waals surface area contributed by atoms with E-state index in [1.165, 1.54) is 0 Å². The molecular weight excluding hydrogens is 196 g/mol. The van der Waals surface area contributed by atoms with Crippen molar-refractivity contribution in [3.63, 3.8) is 0 Å². The second kappa shape index (κ2) is 6.43. The van der Waals surface area contributed by atoms with Gasteiger partial charge in [0.25, 0.3) is 0 Å². The Kier molecular flexibility index (Phi) is 6.36. The number of hydrogen-bond donors (Lipinski definition) is 4. The third-order valence-corrected chi connectivity index (χ3v) is 2.84. The van der Waals surface area contributed by atoms with Crippen molar-refractivity contribution in [3.8, 4) is 0 Å². The summed E-state index contributed by atoms with van der Waals surface area (Å²) in [6, 6.07) is 0. The van der Waals surface area contributed by atoms with Crippen molar-refractivity contribution >= 4 is 0 Å². The third kappa shape index (κ3) is 4.93. The van der Waals surface area contributed by atoms with Gasteiger partial charge in [0, 0.05) is 12.0 Å². The van der Waals surface area contributed by atoms with Crippen LogP contribution in [-0.2, 0) is 0 Å². The van der Waals surface area contributed by atoms with Gasteiger partial charge in [-0.25, -0.2) is 0 Å². The Hall–Kier alpha value is -0.160. The first-order valence-electron chi connectivity index (χ1n) is 5.43. The molecule has 0 aliphatic carbocycles. The fourth-order valence-corrected chi connectivity index (χ4v) is 1.49. The molecule has 0 aromatic heterocycles. The maximum Gasteiger partial charge on any atom is 0.0871 e. The highest BCUT2D eigenvalue weighted by Gasteiger charge is 2.33. The van der Waals surface area contributed by atoms with Crippen LogP contribution >= 0.6 is 0 Å². The Balaban J connectivity index is 4.14. The van der Waals surface area contributed by atoms with Crippen LogP contribution in [0.5, 0.6) is 0 Å². The highest BCUT2D eigenvalue weighted by Crippen LogP contribution is 2.25. The normalized spacial score (nSPS) is 18.6. The van der Waals surface area contributed by atoms with E-state index < -0.39 is 17.6 Å². The van der Waals surface area contributed by atoms with E-state index in [0.29, 0.717) is 12.8 Å².